The van der Waals surface area contributed by atoms with Gasteiger partial charge in [0.15, 0.2) is 0 Å². The molecule has 1 N–H and O–H groups in total. The van der Waals surface area contributed by atoms with E-state index in [1.165, 1.54) is 17.3 Å². The second-order valence-corrected chi connectivity index (χ2v) is 10.2. The van der Waals surface area contributed by atoms with Crippen LogP contribution in [0.3, 0.4) is 0 Å². The van der Waals surface area contributed by atoms with Crippen molar-refractivity contribution < 1.29 is 33.6 Å². The van der Waals surface area contributed by atoms with Gasteiger partial charge in [0.05, 0.1) is 12.0 Å². The minimum absolute atomic E-state index is 0. The molecular formula is C28H30LiNO3S2. The Kier molecular flexibility index (Phi) is 12.6. The van der Waals surface area contributed by atoms with Gasteiger partial charge in [0.25, 0.3) is 5.91 Å². The monoisotopic (exact) mass is 499 g/mol. The summed E-state index contributed by atoms with van der Waals surface area (Å²) in [5.41, 5.74) is 5.78. The summed E-state index contributed by atoms with van der Waals surface area (Å²) < 4.78 is 0. The molecular weight excluding hydrogens is 469 g/mol. The maximum atomic E-state index is 13.1. The Morgan fingerprint density at radius 2 is 1.63 bits per heavy atom. The zero-order valence-electron chi connectivity index (χ0n) is 20.6. The number of amides is 1. The molecule has 1 amide bonds. The third-order valence-corrected chi connectivity index (χ3v) is 7.29. The molecule has 3 aromatic carbocycles. The first-order valence-corrected chi connectivity index (χ1v) is 13.9. The average Bonchev–Trinajstić information content (AvgIpc) is 2.85. The number of nitrogens with one attached hydrogen (secondary N) is 1. The Hall–Kier alpha value is -2.10. The summed E-state index contributed by atoms with van der Waals surface area (Å²) in [5.74, 6) is 0.823. The summed E-state index contributed by atoms with van der Waals surface area (Å²) in [4.78, 5) is 24.7. The van der Waals surface area contributed by atoms with E-state index < -0.39 is 17.9 Å². The van der Waals surface area contributed by atoms with Gasteiger partial charge in [-0.3, -0.25) is 4.79 Å². The van der Waals surface area contributed by atoms with Gasteiger partial charge in [-0.25, -0.2) is 0 Å². The van der Waals surface area contributed by atoms with Crippen LogP contribution in [-0.4, -0.2) is 35.7 Å². The number of carbonyl (C=O) groups is 2. The number of aliphatic carboxylic acids is 1. The quantitative estimate of drug-likeness (QED) is 0.304. The van der Waals surface area contributed by atoms with Gasteiger partial charge in [-0.15, -0.1) is 0 Å². The van der Waals surface area contributed by atoms with Gasteiger partial charge < -0.3 is 15.2 Å². The molecule has 4 nitrogen and oxygen atoms in total. The number of carboxylic acids is 1. The maximum absolute atomic E-state index is 13.1. The summed E-state index contributed by atoms with van der Waals surface area (Å²) in [7, 11) is 0. The third kappa shape index (κ3) is 8.81. The minimum Gasteiger partial charge on any atom is -0.548 e. The first kappa shape index (κ1) is 29.1. The predicted octanol–water partition coefficient (Wildman–Crippen LogP) is 1.74. The van der Waals surface area contributed by atoms with E-state index in [0.29, 0.717) is 17.7 Å². The van der Waals surface area contributed by atoms with E-state index in [1.54, 1.807) is 0 Å². The Bertz CT molecular complexity index is 1110. The van der Waals surface area contributed by atoms with E-state index >= 15 is 0 Å². The van der Waals surface area contributed by atoms with Crippen LogP contribution < -0.4 is 29.3 Å². The molecule has 0 aliphatic rings. The van der Waals surface area contributed by atoms with Gasteiger partial charge in [-0.2, -0.15) is 23.5 Å². The van der Waals surface area contributed by atoms with Crippen LogP contribution in [0, 0.1) is 6.92 Å². The number of aryl methyl sites for hydroxylation is 2. The van der Waals surface area contributed by atoms with Crippen molar-refractivity contribution in [3.63, 3.8) is 0 Å². The molecule has 0 aromatic heterocycles. The van der Waals surface area contributed by atoms with E-state index in [1.807, 2.05) is 67.4 Å². The number of hydrogen-bond donors (Lipinski definition) is 1. The Morgan fingerprint density at radius 1 is 0.914 bits per heavy atom. The number of hydrogen-bond acceptors (Lipinski definition) is 5. The molecule has 0 spiro atoms. The number of rotatable bonds is 12. The fourth-order valence-electron chi connectivity index (χ4n) is 3.72. The van der Waals surface area contributed by atoms with E-state index in [9.17, 15) is 14.7 Å². The smallest absolute Gasteiger partial charge is 0.548 e. The van der Waals surface area contributed by atoms with Gasteiger partial charge in [-0.1, -0.05) is 60.7 Å². The van der Waals surface area contributed by atoms with Gasteiger partial charge >= 0.3 is 18.9 Å². The Balaban J connectivity index is 0.00000432. The molecule has 0 unspecified atom stereocenters. The molecule has 0 saturated heterocycles. The molecule has 0 bridgehead atoms. The van der Waals surface area contributed by atoms with Crippen LogP contribution in [0.1, 0.15) is 33.5 Å². The molecule has 0 aliphatic heterocycles. The second kappa shape index (κ2) is 15.1. The molecule has 3 aromatic rings. The largest absolute Gasteiger partial charge is 1.00 e. The van der Waals surface area contributed by atoms with Crippen LogP contribution >= 0.6 is 23.5 Å². The fraction of sp³-hybridized carbons (Fsp3) is 0.286. The first-order valence-electron chi connectivity index (χ1n) is 11.3. The molecule has 0 heterocycles. The minimum atomic E-state index is -1.26. The number of benzene rings is 3. The van der Waals surface area contributed by atoms with Crippen molar-refractivity contribution in [2.45, 2.75) is 31.6 Å². The van der Waals surface area contributed by atoms with Crippen LogP contribution in [0.15, 0.2) is 72.8 Å². The van der Waals surface area contributed by atoms with Gasteiger partial charge in [0, 0.05) is 11.3 Å². The van der Waals surface area contributed by atoms with E-state index in [-0.39, 0.29) is 18.9 Å². The molecule has 178 valence electrons. The molecule has 0 aliphatic carbocycles. The molecule has 35 heavy (non-hydrogen) atoms. The SMILES string of the molecule is CSCC[C@H](NC(=O)c1ccc(CSCCc2ccccc2)cc1-c1ccccc1C)C(=O)[O-].[Li+]. The molecule has 1 atom stereocenters. The van der Waals surface area contributed by atoms with Crippen molar-refractivity contribution in [3.05, 3.63) is 95.1 Å². The number of carbonyl (C=O) groups excluding carboxylic acids is 2. The number of carboxylic acid groups (broad SMARTS) is 1. The van der Waals surface area contributed by atoms with Crippen molar-refractivity contribution in [3.8, 4) is 11.1 Å². The summed E-state index contributed by atoms with van der Waals surface area (Å²) in [5, 5.41) is 14.2. The van der Waals surface area contributed by atoms with Crippen molar-refractivity contribution in [2.75, 3.05) is 17.8 Å². The Labute approximate surface area is 228 Å². The summed E-state index contributed by atoms with van der Waals surface area (Å²) in [6, 6.07) is 23.2. The van der Waals surface area contributed by atoms with Crippen LogP contribution in [0.2, 0.25) is 0 Å². The first-order chi connectivity index (χ1) is 16.5. The molecule has 7 heteroatoms. The Morgan fingerprint density at radius 3 is 2.31 bits per heavy atom. The number of thioether (sulfide) groups is 2. The third-order valence-electron chi connectivity index (χ3n) is 5.61. The van der Waals surface area contributed by atoms with Crippen molar-refractivity contribution in [1.82, 2.24) is 5.32 Å². The summed E-state index contributed by atoms with van der Waals surface area (Å²) in [6.07, 6.45) is 3.24. The zero-order chi connectivity index (χ0) is 24.3. The van der Waals surface area contributed by atoms with Crippen LogP contribution in [0.5, 0.6) is 0 Å². The van der Waals surface area contributed by atoms with E-state index in [4.69, 9.17) is 0 Å². The zero-order valence-corrected chi connectivity index (χ0v) is 22.2. The van der Waals surface area contributed by atoms with E-state index in [2.05, 4.69) is 35.6 Å². The van der Waals surface area contributed by atoms with Gasteiger partial charge in [0.2, 0.25) is 0 Å². The van der Waals surface area contributed by atoms with Crippen molar-refractivity contribution in [2.24, 2.45) is 0 Å². The topological polar surface area (TPSA) is 69.2 Å². The van der Waals surface area contributed by atoms with Crippen molar-refractivity contribution >= 4 is 35.4 Å². The molecule has 0 radical (unpaired) electrons. The predicted molar refractivity (Wildman–Crippen MR) is 142 cm³/mol. The molecule has 0 saturated carbocycles. The molecule has 3 rings (SSSR count). The fourth-order valence-corrected chi connectivity index (χ4v) is 5.13. The summed E-state index contributed by atoms with van der Waals surface area (Å²) in [6.45, 7) is 2.01. The standard InChI is InChI=1S/C28H31NO3S2.Li/c1-20-8-6-7-11-23(20)25-18-22(19-34-17-14-21-9-4-3-5-10-21)12-13-24(25)27(30)29-26(28(31)32)15-16-33-2;/h3-13,18,26H,14-17,19H2,1-2H3,(H,29,30)(H,31,32);/q;+1/p-1/t26-;/m0./s1. The van der Waals surface area contributed by atoms with Gasteiger partial charge in [0.1, 0.15) is 0 Å². The van der Waals surface area contributed by atoms with Crippen LogP contribution in [0.4, 0.5) is 0 Å². The normalized spacial score (nSPS) is 11.4. The van der Waals surface area contributed by atoms with Crippen molar-refractivity contribution in [1.29, 1.82) is 0 Å². The average molecular weight is 500 g/mol. The maximum Gasteiger partial charge on any atom is 1.00 e. The van der Waals surface area contributed by atoms with Gasteiger partial charge in [-0.05, 0) is 77.5 Å². The van der Waals surface area contributed by atoms with Crippen LogP contribution in [-0.2, 0) is 17.0 Å². The molecule has 0 fully saturated rings. The summed E-state index contributed by atoms with van der Waals surface area (Å²) >= 11 is 3.40. The van der Waals surface area contributed by atoms with Crippen LogP contribution in [0.25, 0.3) is 11.1 Å². The second-order valence-electron chi connectivity index (χ2n) is 8.11. The van der Waals surface area contributed by atoms with E-state index in [0.717, 1.165) is 40.2 Å².